The van der Waals surface area contributed by atoms with Crippen LogP contribution in [0.25, 0.3) is 23.0 Å². The van der Waals surface area contributed by atoms with Gasteiger partial charge < -0.3 is 20.5 Å². The van der Waals surface area contributed by atoms with Gasteiger partial charge in [0, 0.05) is 40.0 Å². The average molecular weight is 626 g/mol. The maximum Gasteiger partial charge on any atom is 0.411 e. The van der Waals surface area contributed by atoms with Gasteiger partial charge in [0.2, 0.25) is 11.8 Å². The minimum atomic E-state index is -0.920. The normalized spacial score (nSPS) is 11.6. The number of methoxy groups -OCH3 is 1. The number of benzene rings is 2. The SMILES string of the molecule is COC(=O)Nc1ccc(-c2cc(C(CC(=O)NCCO)NC(=O)C=Cc3cc(Cl)ccc3-n3cnnn3)c(Cl)nn2)cc1. The van der Waals surface area contributed by atoms with Crippen molar-refractivity contribution < 1.29 is 24.2 Å². The molecule has 0 aliphatic heterocycles. The lowest BCUT2D eigenvalue weighted by atomic mass is 10.0. The Kier molecular flexibility index (Phi) is 10.7. The van der Waals surface area contributed by atoms with Crippen LogP contribution in [0.5, 0.6) is 0 Å². The van der Waals surface area contributed by atoms with Crippen LogP contribution in [0.1, 0.15) is 23.6 Å². The lowest BCUT2D eigenvalue weighted by molar-refractivity contribution is -0.122. The molecule has 2 aromatic heterocycles. The van der Waals surface area contributed by atoms with Crippen LogP contribution in [0.15, 0.2) is 60.9 Å². The number of carbonyl (C=O) groups excluding carboxylic acids is 3. The molecule has 0 aliphatic carbocycles. The van der Waals surface area contributed by atoms with Crippen molar-refractivity contribution in [1.29, 1.82) is 0 Å². The summed E-state index contributed by atoms with van der Waals surface area (Å²) in [4.78, 5) is 37.2. The summed E-state index contributed by atoms with van der Waals surface area (Å²) < 4.78 is 6.02. The van der Waals surface area contributed by atoms with Crippen molar-refractivity contribution in [3.63, 3.8) is 0 Å². The summed E-state index contributed by atoms with van der Waals surface area (Å²) in [5.41, 5.74) is 3.01. The minimum absolute atomic E-state index is 0.0206. The maximum absolute atomic E-state index is 13.1. The van der Waals surface area contributed by atoms with Gasteiger partial charge in [-0.2, -0.15) is 4.68 Å². The number of halogens is 2. The third kappa shape index (κ3) is 8.54. The molecule has 1 unspecified atom stereocenters. The lowest BCUT2D eigenvalue weighted by Crippen LogP contribution is -2.34. The molecule has 0 spiro atoms. The van der Waals surface area contributed by atoms with E-state index in [-0.39, 0.29) is 24.7 Å². The van der Waals surface area contributed by atoms with E-state index in [2.05, 4.69) is 46.4 Å². The highest BCUT2D eigenvalue weighted by Crippen LogP contribution is 2.28. The topological polar surface area (TPSA) is 186 Å². The van der Waals surface area contributed by atoms with Crippen molar-refractivity contribution in [2.24, 2.45) is 0 Å². The van der Waals surface area contributed by atoms with Gasteiger partial charge in [0.1, 0.15) is 6.33 Å². The standard InChI is InChI=1S/C27H25Cl2N9O5/c1-43-27(42)32-19-6-2-16(3-7-19)21-13-20(26(29)35-34-21)22(14-25(41)30-10-11-39)33-24(40)9-4-17-12-18(28)5-8-23(17)38-15-31-36-37-38/h2-9,12-13,15,22,39H,10-11,14H2,1H3,(H,30,41)(H,32,42)(H,33,40). The number of aliphatic hydroxyl groups is 1. The van der Waals surface area contributed by atoms with Crippen LogP contribution in [0.3, 0.4) is 0 Å². The van der Waals surface area contributed by atoms with E-state index in [1.54, 1.807) is 48.5 Å². The fraction of sp³-hybridized carbons (Fsp3) is 0.185. The molecule has 0 saturated heterocycles. The summed E-state index contributed by atoms with van der Waals surface area (Å²) >= 11 is 12.6. The number of rotatable bonds is 11. The Hall–Kier alpha value is -4.92. The van der Waals surface area contributed by atoms with Gasteiger partial charge in [-0.3, -0.25) is 14.9 Å². The second-order valence-electron chi connectivity index (χ2n) is 8.80. The number of nitrogens with zero attached hydrogens (tertiary/aromatic N) is 6. The van der Waals surface area contributed by atoms with Crippen LogP contribution in [-0.4, -0.2) is 73.7 Å². The molecule has 4 aromatic rings. The predicted octanol–water partition coefficient (Wildman–Crippen LogP) is 2.97. The van der Waals surface area contributed by atoms with Crippen LogP contribution in [0.4, 0.5) is 10.5 Å². The maximum atomic E-state index is 13.1. The predicted molar refractivity (Wildman–Crippen MR) is 157 cm³/mol. The van der Waals surface area contributed by atoms with Crippen LogP contribution in [0, 0.1) is 0 Å². The molecule has 16 heteroatoms. The van der Waals surface area contributed by atoms with E-state index in [4.69, 9.17) is 28.3 Å². The van der Waals surface area contributed by atoms with Gasteiger partial charge in [-0.1, -0.05) is 35.3 Å². The summed E-state index contributed by atoms with van der Waals surface area (Å²) in [6, 6.07) is 12.4. The van der Waals surface area contributed by atoms with Crippen molar-refractivity contribution in [3.05, 3.63) is 82.2 Å². The number of nitrogens with one attached hydrogen (secondary N) is 3. The Bertz CT molecular complexity index is 1620. The molecule has 3 amide bonds. The first-order valence-electron chi connectivity index (χ1n) is 12.6. The number of amides is 3. The van der Waals surface area contributed by atoms with E-state index in [9.17, 15) is 14.4 Å². The second-order valence-corrected chi connectivity index (χ2v) is 9.59. The molecule has 222 valence electrons. The smallest absolute Gasteiger partial charge is 0.411 e. The molecule has 0 bridgehead atoms. The zero-order valence-corrected chi connectivity index (χ0v) is 24.1. The molecule has 43 heavy (non-hydrogen) atoms. The zero-order chi connectivity index (χ0) is 30.8. The van der Waals surface area contributed by atoms with Crippen molar-refractivity contribution in [2.45, 2.75) is 12.5 Å². The van der Waals surface area contributed by atoms with Crippen molar-refractivity contribution >= 4 is 52.9 Å². The van der Waals surface area contributed by atoms with Gasteiger partial charge in [-0.05, 0) is 52.9 Å². The van der Waals surface area contributed by atoms with Gasteiger partial charge in [-0.15, -0.1) is 15.3 Å². The molecule has 1 atom stereocenters. The van der Waals surface area contributed by atoms with Crippen molar-refractivity contribution in [3.8, 4) is 16.9 Å². The Morgan fingerprint density at radius 1 is 1.09 bits per heavy atom. The fourth-order valence-electron chi connectivity index (χ4n) is 3.89. The summed E-state index contributed by atoms with van der Waals surface area (Å²) in [6.07, 6.45) is 3.38. The minimum Gasteiger partial charge on any atom is -0.453 e. The Morgan fingerprint density at radius 2 is 1.88 bits per heavy atom. The van der Waals surface area contributed by atoms with E-state index in [1.807, 2.05) is 0 Å². The first-order valence-corrected chi connectivity index (χ1v) is 13.4. The molecule has 2 aromatic carbocycles. The largest absolute Gasteiger partial charge is 0.453 e. The number of hydrogen-bond acceptors (Lipinski definition) is 10. The quantitative estimate of drug-likeness (QED) is 0.180. The van der Waals surface area contributed by atoms with Gasteiger partial charge in [0.25, 0.3) is 0 Å². The number of anilines is 1. The monoisotopic (exact) mass is 625 g/mol. The van der Waals surface area contributed by atoms with Crippen LogP contribution >= 0.6 is 23.2 Å². The van der Waals surface area contributed by atoms with E-state index < -0.39 is 23.9 Å². The number of aliphatic hydroxyl groups excluding tert-OH is 1. The van der Waals surface area contributed by atoms with Crippen LogP contribution < -0.4 is 16.0 Å². The van der Waals surface area contributed by atoms with Gasteiger partial charge in [-0.25, -0.2) is 4.79 Å². The molecule has 0 saturated carbocycles. The highest BCUT2D eigenvalue weighted by atomic mass is 35.5. The Morgan fingerprint density at radius 3 is 2.58 bits per heavy atom. The second kappa shape index (κ2) is 14.8. The van der Waals surface area contributed by atoms with E-state index in [0.29, 0.717) is 38.8 Å². The number of hydrogen-bond donors (Lipinski definition) is 4. The third-order valence-electron chi connectivity index (χ3n) is 5.90. The first-order chi connectivity index (χ1) is 20.8. The summed E-state index contributed by atoms with van der Waals surface area (Å²) in [5.74, 6) is -0.984. The van der Waals surface area contributed by atoms with E-state index in [0.717, 1.165) is 0 Å². The highest BCUT2D eigenvalue weighted by molar-refractivity contribution is 6.31. The Labute approximate surface area is 255 Å². The summed E-state index contributed by atoms with van der Waals surface area (Å²) in [7, 11) is 1.26. The fourth-order valence-corrected chi connectivity index (χ4v) is 4.29. The molecule has 0 fully saturated rings. The van der Waals surface area contributed by atoms with Gasteiger partial charge in [0.15, 0.2) is 5.15 Å². The molecule has 4 N–H and O–H groups in total. The number of aromatic nitrogens is 6. The first kappa shape index (κ1) is 31.0. The molecule has 14 nitrogen and oxygen atoms in total. The third-order valence-corrected chi connectivity index (χ3v) is 6.43. The Balaban J connectivity index is 1.60. The number of carbonyl (C=O) groups is 3. The molecule has 0 aliphatic rings. The zero-order valence-electron chi connectivity index (χ0n) is 22.6. The highest BCUT2D eigenvalue weighted by Gasteiger charge is 2.22. The lowest BCUT2D eigenvalue weighted by Gasteiger charge is -2.19. The molecular formula is C27H25Cl2N9O5. The van der Waals surface area contributed by atoms with Crippen LogP contribution in [0.2, 0.25) is 10.2 Å². The molecule has 0 radical (unpaired) electrons. The number of ether oxygens (including phenoxy) is 1. The summed E-state index contributed by atoms with van der Waals surface area (Å²) in [5, 5.41) is 36.7. The van der Waals surface area contributed by atoms with Crippen molar-refractivity contribution in [2.75, 3.05) is 25.6 Å². The van der Waals surface area contributed by atoms with Gasteiger partial charge >= 0.3 is 6.09 Å². The van der Waals surface area contributed by atoms with E-state index in [1.165, 1.54) is 30.3 Å². The van der Waals surface area contributed by atoms with E-state index >= 15 is 0 Å². The molecule has 2 heterocycles. The average Bonchev–Trinajstić information content (AvgIpc) is 3.54. The van der Waals surface area contributed by atoms with Gasteiger partial charge in [0.05, 0.1) is 37.6 Å². The molecule has 4 rings (SSSR count). The number of tetrazole rings is 1. The molecular weight excluding hydrogens is 601 g/mol. The summed E-state index contributed by atoms with van der Waals surface area (Å²) in [6.45, 7) is -0.217. The van der Waals surface area contributed by atoms with Crippen LogP contribution in [-0.2, 0) is 14.3 Å². The van der Waals surface area contributed by atoms with Crippen molar-refractivity contribution in [1.82, 2.24) is 41.0 Å².